The first-order valence-electron chi connectivity index (χ1n) is 6.44. The van der Waals surface area contributed by atoms with Gasteiger partial charge in [-0.15, -0.1) is 0 Å². The molecule has 0 fully saturated rings. The predicted molar refractivity (Wildman–Crippen MR) is 68.9 cm³/mol. The Morgan fingerprint density at radius 1 is 1.40 bits per heavy atom. The molecule has 1 aliphatic rings. The van der Waals surface area contributed by atoms with Gasteiger partial charge in [0.15, 0.2) is 0 Å². The minimum atomic E-state index is -4.27. The molecule has 110 valence electrons. The van der Waals surface area contributed by atoms with Crippen LogP contribution in [0.3, 0.4) is 0 Å². The van der Waals surface area contributed by atoms with Gasteiger partial charge < -0.3 is 11.1 Å². The van der Waals surface area contributed by atoms with E-state index in [2.05, 4.69) is 5.32 Å². The molecule has 0 saturated carbocycles. The molecular weight excluding hydrogens is 269 g/mol. The van der Waals surface area contributed by atoms with Crippen LogP contribution in [0, 0.1) is 11.8 Å². The molecule has 0 saturated heterocycles. The zero-order valence-corrected chi connectivity index (χ0v) is 11.3. The summed E-state index contributed by atoms with van der Waals surface area (Å²) in [7, 11) is 0. The third-order valence-electron chi connectivity index (χ3n) is 3.73. The number of nitrogens with one attached hydrogen (secondary N) is 1. The average Bonchev–Trinajstić information content (AvgIpc) is 2.70. The zero-order chi connectivity index (χ0) is 15.1. The van der Waals surface area contributed by atoms with Crippen molar-refractivity contribution in [2.75, 3.05) is 0 Å². The van der Waals surface area contributed by atoms with Gasteiger partial charge in [0.2, 0.25) is 5.91 Å². The van der Waals surface area contributed by atoms with Crippen LogP contribution in [0.15, 0.2) is 18.2 Å². The summed E-state index contributed by atoms with van der Waals surface area (Å²) in [6.07, 6.45) is -4.27. The lowest BCUT2D eigenvalue weighted by Gasteiger charge is -2.30. The van der Waals surface area contributed by atoms with Gasteiger partial charge >= 0.3 is 6.18 Å². The Bertz CT molecular complexity index is 526. The van der Waals surface area contributed by atoms with Crippen LogP contribution in [0.25, 0.3) is 0 Å². The Morgan fingerprint density at radius 3 is 2.55 bits per heavy atom. The molecule has 1 amide bonds. The van der Waals surface area contributed by atoms with Gasteiger partial charge in [0.05, 0.1) is 5.92 Å². The highest BCUT2D eigenvalue weighted by Gasteiger charge is 2.48. The molecule has 1 aromatic rings. The van der Waals surface area contributed by atoms with Crippen molar-refractivity contribution in [2.45, 2.75) is 32.6 Å². The van der Waals surface area contributed by atoms with E-state index in [0.717, 1.165) is 0 Å². The van der Waals surface area contributed by atoms with Gasteiger partial charge in [0, 0.05) is 18.2 Å². The summed E-state index contributed by atoms with van der Waals surface area (Å²) >= 11 is 0. The van der Waals surface area contributed by atoms with Crippen molar-refractivity contribution in [1.82, 2.24) is 5.32 Å². The fraction of sp³-hybridized carbons (Fsp3) is 0.500. The lowest BCUT2D eigenvalue weighted by molar-refractivity contribution is -0.194. The number of benzene rings is 1. The molecule has 0 spiro atoms. The van der Waals surface area contributed by atoms with Crippen LogP contribution < -0.4 is 11.1 Å². The summed E-state index contributed by atoms with van der Waals surface area (Å²) in [4.78, 5) is 11.1. The Kier molecular flexibility index (Phi) is 3.77. The third-order valence-corrected chi connectivity index (χ3v) is 3.73. The molecule has 1 heterocycles. The van der Waals surface area contributed by atoms with E-state index in [-0.39, 0.29) is 0 Å². The Morgan fingerprint density at radius 2 is 2.05 bits per heavy atom. The van der Waals surface area contributed by atoms with E-state index >= 15 is 0 Å². The minimum Gasteiger partial charge on any atom is -0.366 e. The van der Waals surface area contributed by atoms with Crippen molar-refractivity contribution in [3.8, 4) is 0 Å². The topological polar surface area (TPSA) is 55.1 Å². The van der Waals surface area contributed by atoms with Crippen LogP contribution in [0.2, 0.25) is 0 Å². The molecule has 2 atom stereocenters. The van der Waals surface area contributed by atoms with Gasteiger partial charge in [-0.25, -0.2) is 0 Å². The van der Waals surface area contributed by atoms with Gasteiger partial charge in [-0.2, -0.15) is 13.2 Å². The van der Waals surface area contributed by atoms with Gasteiger partial charge in [-0.3, -0.25) is 4.79 Å². The number of primary amides is 1. The van der Waals surface area contributed by atoms with Gasteiger partial charge in [-0.05, 0) is 29.2 Å². The Labute approximate surface area is 115 Å². The van der Waals surface area contributed by atoms with Crippen LogP contribution in [-0.2, 0) is 6.54 Å². The number of nitrogens with two attached hydrogens (primary N) is 1. The van der Waals surface area contributed by atoms with Crippen molar-refractivity contribution in [3.05, 3.63) is 34.9 Å². The van der Waals surface area contributed by atoms with Crippen LogP contribution >= 0.6 is 0 Å². The minimum absolute atomic E-state index is 0.319. The summed E-state index contributed by atoms with van der Waals surface area (Å²) in [5.74, 6) is -2.56. The summed E-state index contributed by atoms with van der Waals surface area (Å²) in [5, 5.41) is 2.90. The normalized spacial score (nSPS) is 20.0. The van der Waals surface area contributed by atoms with Crippen LogP contribution in [0.5, 0.6) is 0 Å². The van der Waals surface area contributed by atoms with Crippen LogP contribution in [-0.4, -0.2) is 12.1 Å². The lowest BCUT2D eigenvalue weighted by Crippen LogP contribution is -2.37. The number of fused-ring (bicyclic) bond motifs is 1. The second-order valence-corrected chi connectivity index (χ2v) is 5.45. The Balaban J connectivity index is 2.38. The molecule has 3 N–H and O–H groups in total. The molecule has 1 aromatic carbocycles. The first-order valence-corrected chi connectivity index (χ1v) is 6.44. The fourth-order valence-corrected chi connectivity index (χ4v) is 2.82. The number of halogens is 3. The molecule has 0 aliphatic carbocycles. The summed E-state index contributed by atoms with van der Waals surface area (Å²) in [6, 6.07) is 3.85. The molecule has 3 nitrogen and oxygen atoms in total. The summed E-state index contributed by atoms with van der Waals surface area (Å²) in [5.41, 5.74) is 6.81. The van der Waals surface area contributed by atoms with Crippen LogP contribution in [0.1, 0.15) is 41.4 Å². The van der Waals surface area contributed by atoms with Crippen molar-refractivity contribution in [2.24, 2.45) is 17.6 Å². The number of hydrogen-bond acceptors (Lipinski definition) is 2. The summed E-state index contributed by atoms with van der Waals surface area (Å²) < 4.78 is 39.6. The van der Waals surface area contributed by atoms with E-state index in [4.69, 9.17) is 5.73 Å². The van der Waals surface area contributed by atoms with Gasteiger partial charge in [0.1, 0.15) is 0 Å². The number of carbonyl (C=O) groups excluding carboxylic acids is 1. The number of rotatable bonds is 3. The predicted octanol–water partition coefficient (Wildman–Crippen LogP) is 2.76. The molecule has 1 unspecified atom stereocenters. The molecular formula is C14H17F3N2O. The molecule has 6 heteroatoms. The molecule has 1 aliphatic heterocycles. The second-order valence-electron chi connectivity index (χ2n) is 5.45. The van der Waals surface area contributed by atoms with Crippen LogP contribution in [0.4, 0.5) is 13.2 Å². The van der Waals surface area contributed by atoms with Crippen molar-refractivity contribution < 1.29 is 18.0 Å². The highest BCUT2D eigenvalue weighted by atomic mass is 19.4. The maximum Gasteiger partial charge on any atom is 0.393 e. The molecule has 0 radical (unpaired) electrons. The maximum atomic E-state index is 13.2. The first kappa shape index (κ1) is 14.8. The van der Waals surface area contributed by atoms with Crippen molar-refractivity contribution >= 4 is 5.91 Å². The molecule has 0 aromatic heterocycles. The highest BCUT2D eigenvalue weighted by molar-refractivity contribution is 5.93. The molecule has 0 bridgehead atoms. The van der Waals surface area contributed by atoms with Crippen molar-refractivity contribution in [3.63, 3.8) is 0 Å². The number of amides is 1. The van der Waals surface area contributed by atoms with E-state index in [0.29, 0.717) is 23.2 Å². The average molecular weight is 286 g/mol. The quantitative estimate of drug-likeness (QED) is 0.897. The van der Waals surface area contributed by atoms with Crippen molar-refractivity contribution in [1.29, 1.82) is 0 Å². The molecule has 20 heavy (non-hydrogen) atoms. The largest absolute Gasteiger partial charge is 0.393 e. The smallest absolute Gasteiger partial charge is 0.366 e. The van der Waals surface area contributed by atoms with Gasteiger partial charge in [0.25, 0.3) is 0 Å². The summed E-state index contributed by atoms with van der Waals surface area (Å²) in [6.45, 7) is 3.45. The zero-order valence-electron chi connectivity index (χ0n) is 11.3. The fourth-order valence-electron chi connectivity index (χ4n) is 2.82. The van der Waals surface area contributed by atoms with E-state index < -0.39 is 30.0 Å². The first-order chi connectivity index (χ1) is 9.21. The monoisotopic (exact) mass is 286 g/mol. The second kappa shape index (κ2) is 5.09. The van der Waals surface area contributed by atoms with E-state index in [1.165, 1.54) is 6.07 Å². The van der Waals surface area contributed by atoms with E-state index in [9.17, 15) is 18.0 Å². The number of carbonyl (C=O) groups is 1. The molecule has 2 rings (SSSR count). The Hall–Kier alpha value is -1.56. The standard InChI is InChI=1S/C14H17F3N2O/c1-7(2)11(14(15,16)17)12-10-4-3-8(13(18)20)5-9(10)6-19-12/h3-5,7,11-12,19H,6H2,1-2H3,(H2,18,20)/t11-,12?/m1/s1. The third kappa shape index (κ3) is 2.65. The maximum absolute atomic E-state index is 13.2. The lowest BCUT2D eigenvalue weighted by atomic mass is 9.84. The number of hydrogen-bond donors (Lipinski definition) is 2. The SMILES string of the molecule is CC(C)[C@H](C1NCc2cc(C(N)=O)ccc21)C(F)(F)F. The van der Waals surface area contributed by atoms with Gasteiger partial charge in [-0.1, -0.05) is 19.9 Å². The number of alkyl halides is 3. The highest BCUT2D eigenvalue weighted by Crippen LogP contribution is 2.44. The van der Waals surface area contributed by atoms with E-state index in [1.807, 2.05) is 0 Å². The van der Waals surface area contributed by atoms with E-state index in [1.54, 1.807) is 26.0 Å².